The van der Waals surface area contributed by atoms with E-state index in [0.717, 1.165) is 12.0 Å². The van der Waals surface area contributed by atoms with Gasteiger partial charge in [-0.2, -0.15) is 0 Å². The Morgan fingerprint density at radius 2 is 2.11 bits per heavy atom. The maximum Gasteiger partial charge on any atom is 0.337 e. The number of aliphatic hydroxyl groups excluding tert-OH is 1. The summed E-state index contributed by atoms with van der Waals surface area (Å²) < 4.78 is 11.3. The Morgan fingerprint density at radius 1 is 1.37 bits per heavy atom. The molecule has 2 aliphatic carbocycles. The summed E-state index contributed by atoms with van der Waals surface area (Å²) in [7, 11) is 0. The normalized spacial score (nSPS) is 50.2. The molecular formula is C15H20O4. The third kappa shape index (κ3) is 1.24. The molecule has 4 rings (SSSR count). The van der Waals surface area contributed by atoms with E-state index in [4.69, 9.17) is 9.47 Å². The summed E-state index contributed by atoms with van der Waals surface area (Å²) in [5.41, 5.74) is 1.26. The van der Waals surface area contributed by atoms with Gasteiger partial charge < -0.3 is 14.6 Å². The minimum Gasteiger partial charge on any atom is -0.458 e. The van der Waals surface area contributed by atoms with Crippen LogP contribution in [0.1, 0.15) is 33.6 Å². The number of cyclic esters (lactones) is 1. The predicted octanol–water partition coefficient (Wildman–Crippen LogP) is 1.42. The molecule has 104 valence electrons. The van der Waals surface area contributed by atoms with Crippen LogP contribution in [0, 0.1) is 17.3 Å². The zero-order valence-corrected chi connectivity index (χ0v) is 11.6. The van der Waals surface area contributed by atoms with Gasteiger partial charge in [-0.3, -0.25) is 0 Å². The maximum atomic E-state index is 11.9. The first-order valence-electron chi connectivity index (χ1n) is 7.14. The zero-order valence-electron chi connectivity index (χ0n) is 11.6. The Balaban J connectivity index is 1.88. The van der Waals surface area contributed by atoms with Crippen LogP contribution in [0.25, 0.3) is 0 Å². The van der Waals surface area contributed by atoms with Crippen molar-refractivity contribution < 1.29 is 19.4 Å². The smallest absolute Gasteiger partial charge is 0.337 e. The summed E-state index contributed by atoms with van der Waals surface area (Å²) in [4.78, 5) is 11.9. The van der Waals surface area contributed by atoms with Gasteiger partial charge in [-0.15, -0.1) is 0 Å². The monoisotopic (exact) mass is 264 g/mol. The number of epoxide rings is 1. The highest BCUT2D eigenvalue weighted by atomic mass is 16.6. The Kier molecular flexibility index (Phi) is 2.03. The number of rotatable bonds is 0. The van der Waals surface area contributed by atoms with Crippen LogP contribution < -0.4 is 0 Å². The minimum atomic E-state index is -0.687. The van der Waals surface area contributed by atoms with Crippen LogP contribution in [0.4, 0.5) is 0 Å². The molecule has 0 amide bonds. The molecule has 5 atom stereocenters. The largest absolute Gasteiger partial charge is 0.458 e. The standard InChI is InChI=1S/C15H20O4/c1-7-4-10(16)11-9(6-18-12(11)17)15-8(7)5-14(2,3)13(15)19-15/h7-8,10,13,16H,4-6H2,1-3H3/t7-,8-,10+,13+,15+/m1/s1. The van der Waals surface area contributed by atoms with E-state index in [1.165, 1.54) is 0 Å². The third-order valence-corrected chi connectivity index (χ3v) is 5.63. The fraction of sp³-hybridized carbons (Fsp3) is 0.800. The topological polar surface area (TPSA) is 59.1 Å². The first kappa shape index (κ1) is 11.9. The molecule has 0 aromatic rings. The van der Waals surface area contributed by atoms with Gasteiger partial charge in [-0.05, 0) is 30.1 Å². The number of hydrogen-bond donors (Lipinski definition) is 1. The minimum absolute atomic E-state index is 0.144. The van der Waals surface area contributed by atoms with Crippen molar-refractivity contribution in [2.24, 2.45) is 17.3 Å². The van der Waals surface area contributed by atoms with Gasteiger partial charge in [-0.1, -0.05) is 20.8 Å². The number of hydrogen-bond acceptors (Lipinski definition) is 4. The predicted molar refractivity (Wildman–Crippen MR) is 67.3 cm³/mol. The average Bonchev–Trinajstić information content (AvgIpc) is 2.91. The van der Waals surface area contributed by atoms with Gasteiger partial charge in [0, 0.05) is 5.57 Å². The molecule has 0 aromatic carbocycles. The molecule has 19 heavy (non-hydrogen) atoms. The molecule has 0 radical (unpaired) electrons. The quantitative estimate of drug-likeness (QED) is 0.531. The second kappa shape index (κ2) is 3.23. The molecule has 0 unspecified atom stereocenters. The van der Waals surface area contributed by atoms with Crippen molar-refractivity contribution in [2.45, 2.75) is 51.4 Å². The summed E-state index contributed by atoms with van der Waals surface area (Å²) in [6.45, 7) is 6.95. The van der Waals surface area contributed by atoms with Gasteiger partial charge in [0.05, 0.1) is 17.8 Å². The fourth-order valence-corrected chi connectivity index (χ4v) is 4.80. The van der Waals surface area contributed by atoms with E-state index >= 15 is 0 Å². The van der Waals surface area contributed by atoms with Crippen LogP contribution >= 0.6 is 0 Å². The number of ether oxygens (including phenoxy) is 2. The van der Waals surface area contributed by atoms with Crippen LogP contribution in [0.5, 0.6) is 0 Å². The van der Waals surface area contributed by atoms with E-state index in [1.54, 1.807) is 0 Å². The molecule has 0 bridgehead atoms. The van der Waals surface area contributed by atoms with Crippen LogP contribution in [-0.2, 0) is 14.3 Å². The number of carbonyl (C=O) groups is 1. The number of carbonyl (C=O) groups excluding carboxylic acids is 1. The van der Waals surface area contributed by atoms with Crippen molar-refractivity contribution in [3.63, 3.8) is 0 Å². The molecule has 1 saturated carbocycles. The van der Waals surface area contributed by atoms with E-state index in [0.29, 0.717) is 30.4 Å². The Morgan fingerprint density at radius 3 is 2.79 bits per heavy atom. The van der Waals surface area contributed by atoms with E-state index in [9.17, 15) is 9.90 Å². The first-order chi connectivity index (χ1) is 8.88. The van der Waals surface area contributed by atoms with Gasteiger partial charge in [0.2, 0.25) is 0 Å². The molecule has 1 spiro atoms. The Hall–Kier alpha value is -0.870. The second-order valence-electron chi connectivity index (χ2n) is 7.29. The maximum absolute atomic E-state index is 11.9. The van der Waals surface area contributed by atoms with Gasteiger partial charge in [-0.25, -0.2) is 4.79 Å². The van der Waals surface area contributed by atoms with Crippen LogP contribution in [0.2, 0.25) is 0 Å². The van der Waals surface area contributed by atoms with E-state index in [-0.39, 0.29) is 23.1 Å². The lowest BCUT2D eigenvalue weighted by molar-refractivity contribution is -0.137. The van der Waals surface area contributed by atoms with Crippen molar-refractivity contribution in [1.29, 1.82) is 0 Å². The highest BCUT2D eigenvalue weighted by Crippen LogP contribution is 2.69. The first-order valence-corrected chi connectivity index (χ1v) is 7.14. The summed E-state index contributed by atoms with van der Waals surface area (Å²) in [5.74, 6) is 0.410. The van der Waals surface area contributed by atoms with Crippen LogP contribution in [0.3, 0.4) is 0 Å². The van der Waals surface area contributed by atoms with Crippen LogP contribution in [0.15, 0.2) is 11.1 Å². The number of esters is 1. The highest BCUT2D eigenvalue weighted by Gasteiger charge is 2.76. The highest BCUT2D eigenvalue weighted by molar-refractivity contribution is 5.94. The Labute approximate surface area is 112 Å². The molecule has 2 heterocycles. The van der Waals surface area contributed by atoms with Gasteiger partial charge in [0.1, 0.15) is 12.2 Å². The Bertz CT molecular complexity index is 506. The van der Waals surface area contributed by atoms with Crippen molar-refractivity contribution in [1.82, 2.24) is 0 Å². The second-order valence-corrected chi connectivity index (χ2v) is 7.29. The molecule has 4 heteroatoms. The lowest BCUT2D eigenvalue weighted by atomic mass is 9.80. The van der Waals surface area contributed by atoms with Crippen molar-refractivity contribution in [3.05, 3.63) is 11.1 Å². The zero-order chi connectivity index (χ0) is 13.6. The molecule has 4 aliphatic rings. The summed E-state index contributed by atoms with van der Waals surface area (Å²) in [6.07, 6.45) is 1.22. The SMILES string of the molecule is C[C@@H]1C[C@H](O)C2=C(COC2=O)[C@]23O[C@H]2C(C)(C)C[C@H]13. The summed E-state index contributed by atoms with van der Waals surface area (Å²) in [5, 5.41) is 10.3. The average molecular weight is 264 g/mol. The fourth-order valence-electron chi connectivity index (χ4n) is 4.80. The number of aliphatic hydroxyl groups is 1. The van der Waals surface area contributed by atoms with Crippen molar-refractivity contribution in [2.75, 3.05) is 6.61 Å². The summed E-state index contributed by atoms with van der Waals surface area (Å²) in [6, 6.07) is 0. The molecule has 0 aromatic heterocycles. The molecular weight excluding hydrogens is 244 g/mol. The van der Waals surface area contributed by atoms with Gasteiger partial charge in [0.25, 0.3) is 0 Å². The van der Waals surface area contributed by atoms with Gasteiger partial charge >= 0.3 is 5.97 Å². The van der Waals surface area contributed by atoms with E-state index in [1.807, 2.05) is 0 Å². The summed E-state index contributed by atoms with van der Waals surface area (Å²) >= 11 is 0. The van der Waals surface area contributed by atoms with Gasteiger partial charge in [0.15, 0.2) is 0 Å². The third-order valence-electron chi connectivity index (χ3n) is 5.63. The molecule has 4 nitrogen and oxygen atoms in total. The molecule has 1 saturated heterocycles. The van der Waals surface area contributed by atoms with Crippen molar-refractivity contribution >= 4 is 5.97 Å². The van der Waals surface area contributed by atoms with Crippen LogP contribution in [-0.4, -0.2) is 35.5 Å². The lowest BCUT2D eigenvalue weighted by Gasteiger charge is -2.28. The molecule has 1 N–H and O–H groups in total. The van der Waals surface area contributed by atoms with Crippen molar-refractivity contribution in [3.8, 4) is 0 Å². The molecule has 2 aliphatic heterocycles. The lowest BCUT2D eigenvalue weighted by Crippen LogP contribution is -2.29. The molecule has 2 fully saturated rings. The van der Waals surface area contributed by atoms with E-state index < -0.39 is 6.10 Å². The van der Waals surface area contributed by atoms with E-state index in [2.05, 4.69) is 20.8 Å².